The topological polar surface area (TPSA) is 83.5 Å². The molecule has 2 aliphatic heterocycles. The molecule has 4 atom stereocenters. The Bertz CT molecular complexity index is 549. The van der Waals surface area contributed by atoms with Crippen LogP contribution in [0.1, 0.15) is 60.3 Å². The van der Waals surface area contributed by atoms with Gasteiger partial charge in [-0.05, 0) is 31.1 Å². The first-order valence-corrected chi connectivity index (χ1v) is 10.7. The van der Waals surface area contributed by atoms with Gasteiger partial charge in [-0.15, -0.1) is 0 Å². The summed E-state index contributed by atoms with van der Waals surface area (Å²) in [6, 6.07) is -0.202. The number of carbonyl (C=O) groups is 2. The normalized spacial score (nSPS) is 26.0. The van der Waals surface area contributed by atoms with Crippen LogP contribution in [0.4, 0.5) is 4.79 Å². The van der Waals surface area contributed by atoms with E-state index in [0.29, 0.717) is 13.0 Å². The lowest BCUT2D eigenvalue weighted by molar-refractivity contribution is -0.198. The summed E-state index contributed by atoms with van der Waals surface area (Å²) in [7, 11) is 1.57. The van der Waals surface area contributed by atoms with Crippen molar-refractivity contribution in [3.63, 3.8) is 0 Å². The van der Waals surface area contributed by atoms with E-state index in [4.69, 9.17) is 23.7 Å². The standard InChI is InChI=1S/C21H37NO7/c1-7-21(8-2)28-12-17(29-21)19(27-13-25-6)15(5)9-10-18(23)22-16(14(3)4)11-26-20(22)24/h14-17,19H,7-13H2,1-6H3/t15-,16+,17+,19-/m0/s1. The number of imide groups is 1. The Hall–Kier alpha value is -1.22. The fourth-order valence-corrected chi connectivity index (χ4v) is 3.99. The van der Waals surface area contributed by atoms with Gasteiger partial charge in [-0.2, -0.15) is 0 Å². The van der Waals surface area contributed by atoms with E-state index in [2.05, 4.69) is 0 Å². The molecule has 2 heterocycles. The smallest absolute Gasteiger partial charge is 0.416 e. The summed E-state index contributed by atoms with van der Waals surface area (Å²) in [5.74, 6) is -0.605. The van der Waals surface area contributed by atoms with Gasteiger partial charge in [-0.3, -0.25) is 4.79 Å². The molecule has 0 aromatic heterocycles. The van der Waals surface area contributed by atoms with E-state index in [1.807, 2.05) is 34.6 Å². The quantitative estimate of drug-likeness (QED) is 0.479. The van der Waals surface area contributed by atoms with Gasteiger partial charge in [0.1, 0.15) is 19.5 Å². The monoisotopic (exact) mass is 415 g/mol. The number of rotatable bonds is 11. The predicted octanol–water partition coefficient (Wildman–Crippen LogP) is 3.33. The first-order valence-electron chi connectivity index (χ1n) is 10.7. The second kappa shape index (κ2) is 10.7. The Morgan fingerprint density at radius 1 is 1.24 bits per heavy atom. The molecule has 2 amide bonds. The molecule has 0 unspecified atom stereocenters. The first kappa shape index (κ1) is 24.1. The number of nitrogens with zero attached hydrogens (tertiary/aromatic N) is 1. The molecule has 0 aromatic carbocycles. The van der Waals surface area contributed by atoms with Crippen LogP contribution in [0.5, 0.6) is 0 Å². The Kier molecular flexibility index (Phi) is 8.88. The first-order chi connectivity index (χ1) is 13.8. The lowest BCUT2D eigenvalue weighted by Gasteiger charge is -2.31. The fraction of sp³-hybridized carbons (Fsp3) is 0.905. The summed E-state index contributed by atoms with van der Waals surface area (Å²) >= 11 is 0. The molecule has 2 saturated heterocycles. The van der Waals surface area contributed by atoms with Crippen LogP contribution in [-0.2, 0) is 28.5 Å². The summed E-state index contributed by atoms with van der Waals surface area (Å²) in [5.41, 5.74) is 0. The van der Waals surface area contributed by atoms with E-state index in [1.165, 1.54) is 4.90 Å². The highest BCUT2D eigenvalue weighted by Crippen LogP contribution is 2.34. The molecule has 0 radical (unpaired) electrons. The van der Waals surface area contributed by atoms with Gasteiger partial charge in [-0.1, -0.05) is 34.6 Å². The van der Waals surface area contributed by atoms with E-state index in [-0.39, 0.29) is 55.8 Å². The molecule has 0 spiro atoms. The third-order valence-electron chi connectivity index (χ3n) is 6.02. The third-order valence-corrected chi connectivity index (χ3v) is 6.02. The minimum Gasteiger partial charge on any atom is -0.447 e. The van der Waals surface area contributed by atoms with Crippen LogP contribution in [0.25, 0.3) is 0 Å². The molecular weight excluding hydrogens is 378 g/mol. The van der Waals surface area contributed by atoms with E-state index >= 15 is 0 Å². The number of amides is 2. The van der Waals surface area contributed by atoms with Crippen molar-refractivity contribution in [3.8, 4) is 0 Å². The van der Waals surface area contributed by atoms with Gasteiger partial charge in [0.15, 0.2) is 5.79 Å². The van der Waals surface area contributed by atoms with Gasteiger partial charge in [0.05, 0.1) is 18.8 Å². The van der Waals surface area contributed by atoms with Crippen LogP contribution in [0, 0.1) is 11.8 Å². The lowest BCUT2D eigenvalue weighted by atomic mass is 9.94. The Morgan fingerprint density at radius 2 is 1.93 bits per heavy atom. The molecule has 29 heavy (non-hydrogen) atoms. The number of methoxy groups -OCH3 is 1. The zero-order chi connectivity index (χ0) is 21.6. The second-order valence-electron chi connectivity index (χ2n) is 8.29. The molecule has 0 bridgehead atoms. The zero-order valence-electron chi connectivity index (χ0n) is 18.6. The van der Waals surface area contributed by atoms with Crippen molar-refractivity contribution in [1.29, 1.82) is 0 Å². The van der Waals surface area contributed by atoms with Crippen LogP contribution in [-0.4, -0.2) is 68.1 Å². The second-order valence-corrected chi connectivity index (χ2v) is 8.29. The lowest BCUT2D eigenvalue weighted by Crippen LogP contribution is -2.43. The van der Waals surface area contributed by atoms with Gasteiger partial charge in [0.2, 0.25) is 5.91 Å². The largest absolute Gasteiger partial charge is 0.447 e. The molecule has 0 N–H and O–H groups in total. The summed E-state index contributed by atoms with van der Waals surface area (Å²) in [4.78, 5) is 26.0. The maximum Gasteiger partial charge on any atom is 0.416 e. The minimum absolute atomic E-state index is 0.0170. The van der Waals surface area contributed by atoms with E-state index in [0.717, 1.165) is 12.8 Å². The maximum atomic E-state index is 12.7. The average molecular weight is 416 g/mol. The zero-order valence-corrected chi connectivity index (χ0v) is 18.6. The third kappa shape index (κ3) is 5.69. The molecule has 2 fully saturated rings. The molecular formula is C21H37NO7. The Morgan fingerprint density at radius 3 is 2.48 bits per heavy atom. The summed E-state index contributed by atoms with van der Waals surface area (Å²) in [5, 5.41) is 0. The van der Waals surface area contributed by atoms with Crippen molar-refractivity contribution in [2.24, 2.45) is 11.8 Å². The average Bonchev–Trinajstić information content (AvgIpc) is 3.31. The van der Waals surface area contributed by atoms with Gasteiger partial charge in [0.25, 0.3) is 0 Å². The summed E-state index contributed by atoms with van der Waals surface area (Å²) < 4.78 is 28.3. The van der Waals surface area contributed by atoms with Crippen molar-refractivity contribution < 1.29 is 33.3 Å². The van der Waals surface area contributed by atoms with Gasteiger partial charge >= 0.3 is 6.09 Å². The summed E-state index contributed by atoms with van der Waals surface area (Å²) in [6.45, 7) is 10.9. The predicted molar refractivity (Wildman–Crippen MR) is 106 cm³/mol. The molecule has 168 valence electrons. The number of ether oxygens (including phenoxy) is 5. The highest BCUT2D eigenvalue weighted by atomic mass is 16.8. The van der Waals surface area contributed by atoms with E-state index < -0.39 is 11.9 Å². The van der Waals surface area contributed by atoms with Crippen molar-refractivity contribution in [3.05, 3.63) is 0 Å². The highest BCUT2D eigenvalue weighted by molar-refractivity contribution is 5.93. The van der Waals surface area contributed by atoms with Crippen LogP contribution >= 0.6 is 0 Å². The molecule has 0 aromatic rings. The Labute approximate surface area is 174 Å². The molecule has 0 saturated carbocycles. The minimum atomic E-state index is -0.571. The van der Waals surface area contributed by atoms with Gasteiger partial charge in [0, 0.05) is 13.5 Å². The molecule has 0 aliphatic carbocycles. The SMILES string of the molecule is CCC1(CC)OC[C@H]([C@@H](OCOC)[C@@H](C)CCC(=O)N2C(=O)OC[C@@H]2C(C)C)O1. The highest BCUT2D eigenvalue weighted by Gasteiger charge is 2.44. The van der Waals surface area contributed by atoms with E-state index in [1.54, 1.807) is 7.11 Å². The molecule has 8 nitrogen and oxygen atoms in total. The fourth-order valence-electron chi connectivity index (χ4n) is 3.99. The number of cyclic esters (lactones) is 1. The number of carbonyl (C=O) groups excluding carboxylic acids is 2. The number of hydrogen-bond acceptors (Lipinski definition) is 7. The van der Waals surface area contributed by atoms with Crippen LogP contribution in [0.3, 0.4) is 0 Å². The van der Waals surface area contributed by atoms with Crippen molar-refractivity contribution in [2.45, 2.75) is 84.3 Å². The molecule has 2 rings (SSSR count). The Balaban J connectivity index is 1.98. The van der Waals surface area contributed by atoms with Gasteiger partial charge < -0.3 is 23.7 Å². The van der Waals surface area contributed by atoms with Crippen LogP contribution in [0.15, 0.2) is 0 Å². The number of hydrogen-bond donors (Lipinski definition) is 0. The summed E-state index contributed by atoms with van der Waals surface area (Å²) in [6.07, 6.45) is 1.29. The van der Waals surface area contributed by atoms with Gasteiger partial charge in [-0.25, -0.2) is 9.69 Å². The van der Waals surface area contributed by atoms with Crippen molar-refractivity contribution in [2.75, 3.05) is 27.1 Å². The van der Waals surface area contributed by atoms with Crippen LogP contribution in [0.2, 0.25) is 0 Å². The molecule has 8 heteroatoms. The van der Waals surface area contributed by atoms with Crippen LogP contribution < -0.4 is 0 Å². The maximum absolute atomic E-state index is 12.7. The molecule has 2 aliphatic rings. The van der Waals surface area contributed by atoms with Crippen molar-refractivity contribution >= 4 is 12.0 Å². The van der Waals surface area contributed by atoms with Crippen molar-refractivity contribution in [1.82, 2.24) is 4.90 Å². The van der Waals surface area contributed by atoms with E-state index in [9.17, 15) is 9.59 Å².